The van der Waals surface area contributed by atoms with Crippen molar-refractivity contribution >= 4 is 0 Å². The van der Waals surface area contributed by atoms with Crippen molar-refractivity contribution in [1.29, 1.82) is 0 Å². The van der Waals surface area contributed by atoms with Crippen LogP contribution in [0.5, 0.6) is 0 Å². The van der Waals surface area contributed by atoms with E-state index in [0.717, 1.165) is 19.5 Å². The lowest BCUT2D eigenvalue weighted by atomic mass is 9.98. The summed E-state index contributed by atoms with van der Waals surface area (Å²) in [7, 11) is 0. The maximum absolute atomic E-state index is 6.34. The molecule has 0 aliphatic rings. The van der Waals surface area contributed by atoms with Crippen LogP contribution < -0.4 is 5.73 Å². The molecule has 17 heavy (non-hydrogen) atoms. The fourth-order valence-corrected chi connectivity index (χ4v) is 2.28. The minimum absolute atomic E-state index is 0.0980. The molecule has 0 radical (unpaired) electrons. The summed E-state index contributed by atoms with van der Waals surface area (Å²) in [6.07, 6.45) is 1.08. The van der Waals surface area contributed by atoms with Gasteiger partial charge >= 0.3 is 0 Å². The van der Waals surface area contributed by atoms with E-state index in [1.165, 1.54) is 11.1 Å². The molecule has 0 spiro atoms. The highest BCUT2D eigenvalue weighted by Gasteiger charge is 2.19. The van der Waals surface area contributed by atoms with E-state index in [0.29, 0.717) is 6.04 Å². The Morgan fingerprint density at radius 2 is 1.59 bits per heavy atom. The first-order valence-electron chi connectivity index (χ1n) is 6.72. The summed E-state index contributed by atoms with van der Waals surface area (Å²) < 4.78 is 0. The Kier molecular flexibility index (Phi) is 5.66. The average molecular weight is 234 g/mol. The molecule has 2 nitrogen and oxygen atoms in total. The molecule has 2 heteroatoms. The van der Waals surface area contributed by atoms with Crippen LogP contribution in [0.2, 0.25) is 0 Å². The number of likely N-dealkylation sites (N-methyl/N-ethyl adjacent to an activating group) is 1. The van der Waals surface area contributed by atoms with Gasteiger partial charge in [0, 0.05) is 12.1 Å². The zero-order valence-corrected chi connectivity index (χ0v) is 11.6. The fourth-order valence-electron chi connectivity index (χ4n) is 2.28. The summed E-state index contributed by atoms with van der Waals surface area (Å²) in [6, 6.07) is 9.19. The number of hydrogen-bond donors (Lipinski definition) is 1. The SMILES string of the molecule is CCc1ccc(C(N)C(C)N(CC)CC)cc1. The number of nitrogens with two attached hydrogens (primary N) is 1. The van der Waals surface area contributed by atoms with E-state index in [1.807, 2.05) is 0 Å². The van der Waals surface area contributed by atoms with Gasteiger partial charge in [0.25, 0.3) is 0 Å². The summed E-state index contributed by atoms with van der Waals surface area (Å²) in [5.74, 6) is 0. The van der Waals surface area contributed by atoms with Crippen LogP contribution >= 0.6 is 0 Å². The lowest BCUT2D eigenvalue weighted by Gasteiger charge is -2.31. The van der Waals surface area contributed by atoms with Gasteiger partial charge in [-0.15, -0.1) is 0 Å². The third kappa shape index (κ3) is 3.55. The smallest absolute Gasteiger partial charge is 0.0450 e. The lowest BCUT2D eigenvalue weighted by molar-refractivity contribution is 0.203. The monoisotopic (exact) mass is 234 g/mol. The van der Waals surface area contributed by atoms with Crippen LogP contribution in [-0.4, -0.2) is 24.0 Å². The van der Waals surface area contributed by atoms with E-state index in [9.17, 15) is 0 Å². The molecule has 0 bridgehead atoms. The summed E-state index contributed by atoms with van der Waals surface area (Å²) in [6.45, 7) is 10.9. The molecule has 2 N–H and O–H groups in total. The van der Waals surface area contributed by atoms with Gasteiger partial charge < -0.3 is 5.73 Å². The third-order valence-electron chi connectivity index (χ3n) is 3.68. The van der Waals surface area contributed by atoms with Gasteiger partial charge in [-0.1, -0.05) is 45.0 Å². The molecule has 0 aliphatic heterocycles. The van der Waals surface area contributed by atoms with Crippen molar-refractivity contribution in [2.45, 2.75) is 46.2 Å². The molecule has 96 valence electrons. The van der Waals surface area contributed by atoms with Crippen LogP contribution in [0.1, 0.15) is 44.9 Å². The largest absolute Gasteiger partial charge is 0.323 e. The van der Waals surface area contributed by atoms with Crippen LogP contribution in [0.25, 0.3) is 0 Å². The Hall–Kier alpha value is -0.860. The molecular formula is C15H26N2. The molecule has 2 unspecified atom stereocenters. The highest BCUT2D eigenvalue weighted by atomic mass is 15.2. The van der Waals surface area contributed by atoms with Crippen LogP contribution in [0, 0.1) is 0 Å². The van der Waals surface area contributed by atoms with E-state index >= 15 is 0 Å². The van der Waals surface area contributed by atoms with Crippen molar-refractivity contribution in [1.82, 2.24) is 4.90 Å². The van der Waals surface area contributed by atoms with Gasteiger partial charge in [-0.25, -0.2) is 0 Å². The zero-order valence-electron chi connectivity index (χ0n) is 11.6. The molecule has 1 aromatic rings. The van der Waals surface area contributed by atoms with Crippen molar-refractivity contribution in [2.24, 2.45) is 5.73 Å². The number of nitrogens with zero attached hydrogens (tertiary/aromatic N) is 1. The van der Waals surface area contributed by atoms with Crippen molar-refractivity contribution in [2.75, 3.05) is 13.1 Å². The second kappa shape index (κ2) is 6.77. The number of benzene rings is 1. The first kappa shape index (κ1) is 14.2. The van der Waals surface area contributed by atoms with E-state index in [2.05, 4.69) is 56.9 Å². The van der Waals surface area contributed by atoms with Crippen LogP contribution in [0.4, 0.5) is 0 Å². The molecule has 0 aromatic heterocycles. The quantitative estimate of drug-likeness (QED) is 0.820. The van der Waals surface area contributed by atoms with Gasteiger partial charge in [-0.2, -0.15) is 0 Å². The minimum atomic E-state index is 0.0980. The first-order valence-corrected chi connectivity index (χ1v) is 6.72. The van der Waals surface area contributed by atoms with Crippen molar-refractivity contribution in [3.8, 4) is 0 Å². The van der Waals surface area contributed by atoms with E-state index in [-0.39, 0.29) is 6.04 Å². The number of hydrogen-bond acceptors (Lipinski definition) is 2. The Bertz CT molecular complexity index is 314. The Morgan fingerprint density at radius 3 is 2.00 bits per heavy atom. The van der Waals surface area contributed by atoms with Gasteiger partial charge in [-0.3, -0.25) is 4.90 Å². The molecule has 2 atom stereocenters. The zero-order chi connectivity index (χ0) is 12.8. The van der Waals surface area contributed by atoms with Crippen molar-refractivity contribution in [3.63, 3.8) is 0 Å². The van der Waals surface area contributed by atoms with Crippen LogP contribution in [0.15, 0.2) is 24.3 Å². The average Bonchev–Trinajstić information content (AvgIpc) is 2.39. The molecule has 0 aliphatic carbocycles. The molecule has 0 fully saturated rings. The molecular weight excluding hydrogens is 208 g/mol. The molecule has 1 rings (SSSR count). The highest BCUT2D eigenvalue weighted by molar-refractivity contribution is 5.25. The standard InChI is InChI=1S/C15H26N2/c1-5-13-8-10-14(11-9-13)15(16)12(4)17(6-2)7-3/h8-12,15H,5-7,16H2,1-4H3. The van der Waals surface area contributed by atoms with Crippen molar-refractivity contribution in [3.05, 3.63) is 35.4 Å². The predicted molar refractivity (Wildman–Crippen MR) is 75.1 cm³/mol. The van der Waals surface area contributed by atoms with Crippen LogP contribution in [0.3, 0.4) is 0 Å². The van der Waals surface area contributed by atoms with Gasteiger partial charge in [0.1, 0.15) is 0 Å². The number of aryl methyl sites for hydroxylation is 1. The highest BCUT2D eigenvalue weighted by Crippen LogP contribution is 2.19. The second-order valence-electron chi connectivity index (χ2n) is 4.58. The van der Waals surface area contributed by atoms with E-state index < -0.39 is 0 Å². The van der Waals surface area contributed by atoms with Gasteiger partial charge in [0.05, 0.1) is 0 Å². The molecule has 0 saturated carbocycles. The molecule has 0 amide bonds. The molecule has 0 heterocycles. The van der Waals surface area contributed by atoms with E-state index in [1.54, 1.807) is 0 Å². The van der Waals surface area contributed by atoms with E-state index in [4.69, 9.17) is 5.73 Å². The molecule has 0 saturated heterocycles. The Balaban J connectivity index is 2.76. The number of rotatable bonds is 6. The van der Waals surface area contributed by atoms with Crippen molar-refractivity contribution < 1.29 is 0 Å². The van der Waals surface area contributed by atoms with Gasteiger partial charge in [-0.05, 0) is 37.6 Å². The fraction of sp³-hybridized carbons (Fsp3) is 0.600. The Labute approximate surface area is 106 Å². The third-order valence-corrected chi connectivity index (χ3v) is 3.68. The van der Waals surface area contributed by atoms with Gasteiger partial charge in [0.15, 0.2) is 0 Å². The normalized spacial score (nSPS) is 14.9. The minimum Gasteiger partial charge on any atom is -0.323 e. The molecule has 1 aromatic carbocycles. The van der Waals surface area contributed by atoms with Gasteiger partial charge in [0.2, 0.25) is 0 Å². The maximum Gasteiger partial charge on any atom is 0.0450 e. The predicted octanol–water partition coefficient (Wildman–Crippen LogP) is 2.98. The van der Waals surface area contributed by atoms with Crippen LogP contribution in [-0.2, 0) is 6.42 Å². The summed E-state index contributed by atoms with van der Waals surface area (Å²) in [5, 5.41) is 0. The maximum atomic E-state index is 6.34. The Morgan fingerprint density at radius 1 is 1.06 bits per heavy atom. The lowest BCUT2D eigenvalue weighted by Crippen LogP contribution is -2.40. The summed E-state index contributed by atoms with van der Waals surface area (Å²) in [5.41, 5.74) is 8.95. The topological polar surface area (TPSA) is 29.3 Å². The second-order valence-corrected chi connectivity index (χ2v) is 4.58. The first-order chi connectivity index (χ1) is 8.13. The summed E-state index contributed by atoms with van der Waals surface area (Å²) in [4.78, 5) is 2.40. The summed E-state index contributed by atoms with van der Waals surface area (Å²) >= 11 is 0.